The van der Waals surface area contributed by atoms with Crippen LogP contribution >= 0.6 is 0 Å². The van der Waals surface area contributed by atoms with Gasteiger partial charge in [-0.15, -0.1) is 0 Å². The van der Waals surface area contributed by atoms with Crippen LogP contribution in [-0.4, -0.2) is 45.3 Å². The first-order valence-corrected chi connectivity index (χ1v) is 11.2. The Hall–Kier alpha value is -4.19. The van der Waals surface area contributed by atoms with Gasteiger partial charge in [-0.1, -0.05) is 17.9 Å². The molecular formula is C26H21F2N5O2. The van der Waals surface area contributed by atoms with Gasteiger partial charge in [-0.25, -0.2) is 18.7 Å². The van der Waals surface area contributed by atoms with Crippen LogP contribution in [0.3, 0.4) is 0 Å². The highest BCUT2D eigenvalue weighted by Gasteiger charge is 2.50. The number of fused-ring (bicyclic) bond motifs is 4. The van der Waals surface area contributed by atoms with Crippen LogP contribution < -0.4 is 10.5 Å². The van der Waals surface area contributed by atoms with Crippen molar-refractivity contribution in [1.82, 2.24) is 19.3 Å². The molecule has 0 unspecified atom stereocenters. The second-order valence-corrected chi connectivity index (χ2v) is 9.05. The number of benzene rings is 2. The van der Waals surface area contributed by atoms with E-state index in [2.05, 4.69) is 21.8 Å². The molecule has 2 aliphatic rings. The van der Waals surface area contributed by atoms with E-state index >= 15 is 0 Å². The number of amides is 1. The Balaban J connectivity index is 1.27. The fourth-order valence-electron chi connectivity index (χ4n) is 4.47. The number of likely N-dealkylation sites (N-methyl/N-ethyl adjacent to an activating group) is 1. The summed E-state index contributed by atoms with van der Waals surface area (Å²) in [4.78, 5) is 23.6. The quantitative estimate of drug-likeness (QED) is 0.454. The zero-order valence-electron chi connectivity index (χ0n) is 18.8. The van der Waals surface area contributed by atoms with Gasteiger partial charge in [-0.3, -0.25) is 9.20 Å². The summed E-state index contributed by atoms with van der Waals surface area (Å²) in [5.74, 6) is 6.42. The smallest absolute Gasteiger partial charge is 0.254 e. The Kier molecular flexibility index (Phi) is 4.68. The van der Waals surface area contributed by atoms with Crippen LogP contribution in [0.4, 0.5) is 14.6 Å². The maximum absolute atomic E-state index is 13.4. The number of carbonyl (C=O) groups is 1. The Morgan fingerprint density at radius 3 is 2.86 bits per heavy atom. The van der Waals surface area contributed by atoms with Gasteiger partial charge in [0.05, 0.1) is 35.0 Å². The first kappa shape index (κ1) is 21.4. The normalized spacial score (nSPS) is 17.7. The molecule has 1 atom stereocenters. The number of halogens is 2. The predicted octanol–water partition coefficient (Wildman–Crippen LogP) is 4.07. The third-order valence-corrected chi connectivity index (χ3v) is 6.84. The summed E-state index contributed by atoms with van der Waals surface area (Å²) in [5.41, 5.74) is 8.89. The summed E-state index contributed by atoms with van der Waals surface area (Å²) < 4.78 is 33.9. The Morgan fingerprint density at radius 2 is 2.09 bits per heavy atom. The van der Waals surface area contributed by atoms with Crippen LogP contribution in [0.1, 0.15) is 40.4 Å². The van der Waals surface area contributed by atoms with Crippen LogP contribution in [0, 0.1) is 17.3 Å². The van der Waals surface area contributed by atoms with Crippen molar-refractivity contribution < 1.29 is 18.3 Å². The van der Waals surface area contributed by atoms with Crippen LogP contribution in [0.5, 0.6) is 5.75 Å². The molecule has 0 spiro atoms. The maximum atomic E-state index is 13.4. The minimum absolute atomic E-state index is 0.171. The van der Waals surface area contributed by atoms with E-state index in [4.69, 9.17) is 10.5 Å². The highest BCUT2D eigenvalue weighted by atomic mass is 19.3. The van der Waals surface area contributed by atoms with Gasteiger partial charge in [0.1, 0.15) is 23.7 Å². The molecule has 1 saturated carbocycles. The van der Waals surface area contributed by atoms with Crippen molar-refractivity contribution in [2.75, 3.05) is 19.4 Å². The molecule has 7 nitrogen and oxygen atoms in total. The molecule has 2 N–H and O–H groups in total. The third-order valence-electron chi connectivity index (χ3n) is 6.84. The fraction of sp³-hybridized carbons (Fsp3) is 0.269. The number of nitrogen functional groups attached to an aromatic ring is 1. The van der Waals surface area contributed by atoms with Crippen molar-refractivity contribution >= 4 is 28.3 Å². The Labute approximate surface area is 199 Å². The lowest BCUT2D eigenvalue weighted by molar-refractivity contribution is 0.0708. The molecule has 176 valence electrons. The molecule has 0 bridgehead atoms. The number of hydrogen-bond donors (Lipinski definition) is 1. The van der Waals surface area contributed by atoms with Crippen LogP contribution in [-0.2, 0) is 0 Å². The summed E-state index contributed by atoms with van der Waals surface area (Å²) in [5, 5.41) is 0. The molecule has 1 fully saturated rings. The van der Waals surface area contributed by atoms with Crippen LogP contribution in [0.15, 0.2) is 48.9 Å². The molecule has 4 aromatic rings. The molecule has 9 heteroatoms. The van der Waals surface area contributed by atoms with Gasteiger partial charge in [-0.05, 0) is 43.2 Å². The zero-order valence-corrected chi connectivity index (χ0v) is 18.8. The van der Waals surface area contributed by atoms with Crippen molar-refractivity contribution in [3.05, 3.63) is 65.6 Å². The van der Waals surface area contributed by atoms with Gasteiger partial charge in [-0.2, -0.15) is 0 Å². The van der Waals surface area contributed by atoms with Gasteiger partial charge >= 0.3 is 0 Å². The molecule has 1 aliphatic heterocycles. The molecule has 2 aromatic heterocycles. The number of aromatic nitrogens is 3. The average Bonchev–Trinajstić information content (AvgIpc) is 3.29. The summed E-state index contributed by atoms with van der Waals surface area (Å²) in [6.07, 6.45) is 1.70. The van der Waals surface area contributed by atoms with Crippen LogP contribution in [0.2, 0.25) is 0 Å². The van der Waals surface area contributed by atoms with Crippen LogP contribution in [0.25, 0.3) is 16.6 Å². The standard InChI is InChI=1S/C26H21F2N5O2/c1-32(24(34)16-3-5-18-19(11-16)33-14-30-12-20(33)23(29)31-18)21-13-35-22-10-15(2-4-17(21)22)6-7-26(8-9-26)25(27)28/h2-5,10-12,14,21,25H,8-9,13H2,1H3,(H2,29,31)/t21-/m1/s1. The average molecular weight is 473 g/mol. The largest absolute Gasteiger partial charge is 0.491 e. The van der Waals surface area contributed by atoms with Gasteiger partial charge < -0.3 is 15.4 Å². The minimum Gasteiger partial charge on any atom is -0.491 e. The second kappa shape index (κ2) is 7.67. The van der Waals surface area contributed by atoms with E-state index in [1.165, 1.54) is 0 Å². The number of carbonyl (C=O) groups excluding carboxylic acids is 1. The number of rotatable bonds is 3. The van der Waals surface area contributed by atoms with Crippen molar-refractivity contribution in [3.8, 4) is 17.6 Å². The lowest BCUT2D eigenvalue weighted by atomic mass is 10.0. The number of hydrogen-bond acceptors (Lipinski definition) is 5. The number of imidazole rings is 1. The molecule has 0 saturated heterocycles. The van der Waals surface area contributed by atoms with E-state index in [0.717, 1.165) is 11.1 Å². The number of alkyl halides is 2. The summed E-state index contributed by atoms with van der Waals surface area (Å²) >= 11 is 0. The van der Waals surface area contributed by atoms with Gasteiger partial charge in [0.25, 0.3) is 12.3 Å². The SMILES string of the molecule is CN(C(=O)c1ccc2nc(N)c3cncn3c2c1)[C@@H]1COc2cc(C#CC3(C(F)F)CC3)ccc21. The van der Waals surface area contributed by atoms with Gasteiger partial charge in [0, 0.05) is 23.7 Å². The van der Waals surface area contributed by atoms with E-state index in [-0.39, 0.29) is 11.9 Å². The molecule has 1 amide bonds. The first-order valence-electron chi connectivity index (χ1n) is 11.2. The maximum Gasteiger partial charge on any atom is 0.254 e. The first-order chi connectivity index (χ1) is 16.9. The molecule has 1 aliphatic carbocycles. The van der Waals surface area contributed by atoms with Gasteiger partial charge in [0.15, 0.2) is 0 Å². The van der Waals surface area contributed by atoms with E-state index < -0.39 is 11.8 Å². The van der Waals surface area contributed by atoms with E-state index in [9.17, 15) is 13.6 Å². The highest BCUT2D eigenvalue weighted by molar-refractivity contribution is 5.98. The molecular weight excluding hydrogens is 452 g/mol. The minimum atomic E-state index is -2.43. The summed E-state index contributed by atoms with van der Waals surface area (Å²) in [6.45, 7) is 0.298. The third kappa shape index (κ3) is 3.44. The Bertz CT molecular complexity index is 1560. The van der Waals surface area contributed by atoms with Crippen molar-refractivity contribution in [2.24, 2.45) is 5.41 Å². The Morgan fingerprint density at radius 1 is 1.26 bits per heavy atom. The lowest BCUT2D eigenvalue weighted by Crippen LogP contribution is -2.32. The topological polar surface area (TPSA) is 85.8 Å². The molecule has 3 heterocycles. The van der Waals surface area contributed by atoms with E-state index in [1.807, 2.05) is 10.5 Å². The zero-order chi connectivity index (χ0) is 24.3. The molecule has 35 heavy (non-hydrogen) atoms. The molecule has 2 aromatic carbocycles. The predicted molar refractivity (Wildman–Crippen MR) is 126 cm³/mol. The molecule has 0 radical (unpaired) electrons. The number of nitrogens with two attached hydrogens (primary N) is 1. The fourth-order valence-corrected chi connectivity index (χ4v) is 4.47. The highest BCUT2D eigenvalue weighted by Crippen LogP contribution is 2.50. The van der Waals surface area contributed by atoms with Gasteiger partial charge in [0.2, 0.25) is 0 Å². The lowest BCUT2D eigenvalue weighted by Gasteiger charge is -2.24. The monoisotopic (exact) mass is 473 g/mol. The summed E-state index contributed by atoms with van der Waals surface area (Å²) in [7, 11) is 1.73. The molecule has 6 rings (SSSR count). The number of nitrogens with zero attached hydrogens (tertiary/aromatic N) is 4. The van der Waals surface area contributed by atoms with Crippen molar-refractivity contribution in [1.29, 1.82) is 0 Å². The van der Waals surface area contributed by atoms with Crippen molar-refractivity contribution in [2.45, 2.75) is 25.3 Å². The number of anilines is 1. The number of ether oxygens (including phenoxy) is 1. The van der Waals surface area contributed by atoms with E-state index in [1.54, 1.807) is 54.8 Å². The van der Waals surface area contributed by atoms with Crippen molar-refractivity contribution in [3.63, 3.8) is 0 Å². The summed E-state index contributed by atoms with van der Waals surface area (Å²) in [6, 6.07) is 10.4. The second-order valence-electron chi connectivity index (χ2n) is 9.05. The van der Waals surface area contributed by atoms with E-state index in [0.29, 0.717) is 53.2 Å².